The lowest BCUT2D eigenvalue weighted by molar-refractivity contribution is -0.185. The number of rotatable bonds is 5. The first kappa shape index (κ1) is 26.4. The van der Waals surface area contributed by atoms with Crippen LogP contribution in [0.2, 0.25) is 0 Å². The van der Waals surface area contributed by atoms with Gasteiger partial charge in [0, 0.05) is 61.5 Å². The first-order valence-electron chi connectivity index (χ1n) is 13.6. The van der Waals surface area contributed by atoms with Crippen molar-refractivity contribution < 1.29 is 27.8 Å². The fraction of sp³-hybridized carbons (Fsp3) is 0.464. The van der Waals surface area contributed by atoms with Crippen LogP contribution in [0.3, 0.4) is 0 Å². The number of aromatic hydroxyl groups is 1. The number of aromatic nitrogens is 2. The monoisotopic (exact) mass is 556 g/mol. The lowest BCUT2D eigenvalue weighted by atomic mass is 10.0. The fourth-order valence-electron chi connectivity index (χ4n) is 5.83. The predicted octanol–water partition coefficient (Wildman–Crippen LogP) is 3.24. The zero-order valence-electron chi connectivity index (χ0n) is 22.0. The van der Waals surface area contributed by atoms with Crippen LogP contribution in [0.5, 0.6) is 11.8 Å². The smallest absolute Gasteiger partial charge is 0.471 e. The number of hydrogen-bond donors (Lipinski definition) is 2. The van der Waals surface area contributed by atoms with Crippen molar-refractivity contribution in [1.29, 1.82) is 0 Å². The lowest BCUT2D eigenvalue weighted by Crippen LogP contribution is -2.53. The van der Waals surface area contributed by atoms with E-state index in [0.717, 1.165) is 52.0 Å². The summed E-state index contributed by atoms with van der Waals surface area (Å²) in [7, 11) is 0. The maximum atomic E-state index is 13.0. The second kappa shape index (κ2) is 10.6. The molecule has 3 aromatic rings. The van der Waals surface area contributed by atoms with Crippen LogP contribution in [-0.2, 0) is 17.8 Å². The molecular formula is C28H31F3N6O3. The van der Waals surface area contributed by atoms with E-state index < -0.39 is 12.1 Å². The van der Waals surface area contributed by atoms with Crippen LogP contribution in [-0.4, -0.2) is 84.0 Å². The number of nitrogens with one attached hydrogen (secondary N) is 1. The van der Waals surface area contributed by atoms with Gasteiger partial charge in [-0.2, -0.15) is 23.1 Å². The predicted molar refractivity (Wildman–Crippen MR) is 144 cm³/mol. The SMILES string of the molecule is O=C(N1CCN(c2nc(OC[C@@H]3CCCN3)nc3c2CCN(c2cc(O)cc4ccccc24)C3)CC1)C(F)(F)F. The number of halogens is 3. The molecule has 2 N–H and O–H groups in total. The second-order valence-corrected chi connectivity index (χ2v) is 10.5. The minimum atomic E-state index is -4.88. The molecule has 2 saturated heterocycles. The molecule has 1 atom stereocenters. The molecule has 9 nitrogen and oxygen atoms in total. The number of piperazine rings is 1. The van der Waals surface area contributed by atoms with E-state index in [1.165, 1.54) is 0 Å². The highest BCUT2D eigenvalue weighted by molar-refractivity contribution is 5.95. The van der Waals surface area contributed by atoms with Crippen molar-refractivity contribution >= 4 is 28.2 Å². The summed E-state index contributed by atoms with van der Waals surface area (Å²) < 4.78 is 45.0. The molecule has 6 rings (SSSR count). The van der Waals surface area contributed by atoms with E-state index in [-0.39, 0.29) is 44.0 Å². The standard InChI is InChI=1S/C28H31F3N6O3/c29-28(30,31)26(39)36-12-10-35(11-13-36)25-22-7-9-37(24-15-20(38)14-18-4-1-2-6-21(18)24)16-23(22)33-27(34-25)40-17-19-5-3-8-32-19/h1-2,4,6,14-15,19,32,38H,3,5,7-13,16-17H2/t19-/m0/s1. The highest BCUT2D eigenvalue weighted by Gasteiger charge is 2.43. The van der Waals surface area contributed by atoms with Gasteiger partial charge in [-0.3, -0.25) is 4.79 Å². The third-order valence-electron chi connectivity index (χ3n) is 7.87. The average Bonchev–Trinajstić information content (AvgIpc) is 3.48. The van der Waals surface area contributed by atoms with Crippen LogP contribution >= 0.6 is 0 Å². The number of nitrogens with zero attached hydrogens (tertiary/aromatic N) is 5. The van der Waals surface area contributed by atoms with Crippen molar-refractivity contribution in [3.05, 3.63) is 47.7 Å². The molecule has 2 aromatic carbocycles. The number of phenols is 1. The Bertz CT molecular complexity index is 1400. The van der Waals surface area contributed by atoms with Gasteiger partial charge in [0.05, 0.1) is 12.2 Å². The Morgan fingerprint density at radius 2 is 1.88 bits per heavy atom. The molecule has 1 aromatic heterocycles. The maximum Gasteiger partial charge on any atom is 0.471 e. The van der Waals surface area contributed by atoms with Gasteiger partial charge in [0.2, 0.25) is 0 Å². The Morgan fingerprint density at radius 1 is 1.07 bits per heavy atom. The summed E-state index contributed by atoms with van der Waals surface area (Å²) >= 11 is 0. The Morgan fingerprint density at radius 3 is 2.62 bits per heavy atom. The first-order valence-corrected chi connectivity index (χ1v) is 13.6. The minimum absolute atomic E-state index is 0.0410. The summed E-state index contributed by atoms with van der Waals surface area (Å²) in [5.41, 5.74) is 2.62. The van der Waals surface area contributed by atoms with Gasteiger partial charge < -0.3 is 29.9 Å². The maximum absolute atomic E-state index is 13.0. The molecule has 0 aliphatic carbocycles. The number of carbonyl (C=O) groups excluding carboxylic acids is 1. The average molecular weight is 557 g/mol. The van der Waals surface area contributed by atoms with E-state index in [1.807, 2.05) is 29.2 Å². The Labute approximate surface area is 229 Å². The van der Waals surface area contributed by atoms with Gasteiger partial charge in [-0.25, -0.2) is 0 Å². The molecule has 212 valence electrons. The normalized spacial score (nSPS) is 19.7. The molecule has 40 heavy (non-hydrogen) atoms. The van der Waals surface area contributed by atoms with Gasteiger partial charge in [0.25, 0.3) is 0 Å². The largest absolute Gasteiger partial charge is 0.508 e. The van der Waals surface area contributed by atoms with E-state index in [2.05, 4.69) is 10.2 Å². The van der Waals surface area contributed by atoms with Crippen molar-refractivity contribution in [3.63, 3.8) is 0 Å². The Hall–Kier alpha value is -3.80. The van der Waals surface area contributed by atoms with Gasteiger partial charge in [0.1, 0.15) is 18.2 Å². The summed E-state index contributed by atoms with van der Waals surface area (Å²) in [5, 5.41) is 15.7. The van der Waals surface area contributed by atoms with Crippen molar-refractivity contribution in [1.82, 2.24) is 20.2 Å². The van der Waals surface area contributed by atoms with Crippen LogP contribution < -0.4 is 19.9 Å². The highest BCUT2D eigenvalue weighted by Crippen LogP contribution is 2.36. The van der Waals surface area contributed by atoms with E-state index in [1.54, 1.807) is 12.1 Å². The van der Waals surface area contributed by atoms with E-state index >= 15 is 0 Å². The van der Waals surface area contributed by atoms with Crippen LogP contribution in [0.15, 0.2) is 36.4 Å². The van der Waals surface area contributed by atoms with Gasteiger partial charge in [-0.1, -0.05) is 24.3 Å². The number of benzene rings is 2. The third-order valence-corrected chi connectivity index (χ3v) is 7.87. The van der Waals surface area contributed by atoms with Crippen molar-refractivity contribution in [2.45, 2.75) is 38.0 Å². The number of anilines is 2. The highest BCUT2D eigenvalue weighted by atomic mass is 19.4. The van der Waals surface area contributed by atoms with E-state index in [0.29, 0.717) is 31.9 Å². The number of ether oxygens (including phenoxy) is 1. The molecule has 2 fully saturated rings. The van der Waals surface area contributed by atoms with Gasteiger partial charge in [0.15, 0.2) is 0 Å². The summed E-state index contributed by atoms with van der Waals surface area (Å²) in [6.45, 7) is 2.86. The van der Waals surface area contributed by atoms with Crippen LogP contribution in [0, 0.1) is 0 Å². The van der Waals surface area contributed by atoms with Crippen LogP contribution in [0.25, 0.3) is 10.8 Å². The molecule has 0 unspecified atom stereocenters. The zero-order valence-corrected chi connectivity index (χ0v) is 22.0. The van der Waals surface area contributed by atoms with E-state index in [9.17, 15) is 23.1 Å². The molecule has 0 bridgehead atoms. The minimum Gasteiger partial charge on any atom is -0.508 e. The molecule has 1 amide bonds. The van der Waals surface area contributed by atoms with Gasteiger partial charge in [-0.15, -0.1) is 0 Å². The fourth-order valence-corrected chi connectivity index (χ4v) is 5.83. The Balaban J connectivity index is 1.29. The summed E-state index contributed by atoms with van der Waals surface area (Å²) in [5.74, 6) is -0.972. The molecule has 0 radical (unpaired) electrons. The number of alkyl halides is 3. The first-order chi connectivity index (χ1) is 19.3. The van der Waals surface area contributed by atoms with Crippen LogP contribution in [0.1, 0.15) is 24.1 Å². The van der Waals surface area contributed by atoms with Crippen LogP contribution in [0.4, 0.5) is 24.7 Å². The van der Waals surface area contributed by atoms with Gasteiger partial charge >= 0.3 is 18.1 Å². The van der Waals surface area contributed by atoms with Gasteiger partial charge in [-0.05, 0) is 37.3 Å². The second-order valence-electron chi connectivity index (χ2n) is 10.5. The third kappa shape index (κ3) is 5.32. The molecule has 0 spiro atoms. The molecule has 3 aliphatic rings. The quantitative estimate of drug-likeness (QED) is 0.495. The topological polar surface area (TPSA) is 94.1 Å². The number of fused-ring (bicyclic) bond motifs is 2. The molecule has 3 aliphatic heterocycles. The van der Waals surface area contributed by atoms with Crippen molar-refractivity contribution in [2.75, 3.05) is 55.7 Å². The molecular weight excluding hydrogens is 525 g/mol. The molecule has 4 heterocycles. The number of amides is 1. The summed E-state index contributed by atoms with van der Waals surface area (Å²) in [4.78, 5) is 26.2. The number of phenolic OH excluding ortho intramolecular Hbond substituents is 1. The lowest BCUT2D eigenvalue weighted by Gasteiger charge is -2.38. The summed E-state index contributed by atoms with van der Waals surface area (Å²) in [6, 6.07) is 11.8. The van der Waals surface area contributed by atoms with E-state index in [4.69, 9.17) is 14.7 Å². The van der Waals surface area contributed by atoms with Crippen molar-refractivity contribution in [3.8, 4) is 11.8 Å². The number of hydrogen-bond acceptors (Lipinski definition) is 8. The van der Waals surface area contributed by atoms with Crippen molar-refractivity contribution in [2.24, 2.45) is 0 Å². The molecule has 12 heteroatoms. The molecule has 0 saturated carbocycles. The number of carbonyl (C=O) groups is 1. The Kier molecular flexibility index (Phi) is 7.03. The summed E-state index contributed by atoms with van der Waals surface area (Å²) in [6.07, 6.45) is -2.19. The zero-order chi connectivity index (χ0) is 27.9.